The molecular formula is C18H24N4. The second kappa shape index (κ2) is 6.99. The van der Waals surface area contributed by atoms with Crippen LogP contribution in [0.5, 0.6) is 0 Å². The molecule has 0 radical (unpaired) electrons. The Balaban J connectivity index is 1.66. The lowest BCUT2D eigenvalue weighted by Gasteiger charge is -2.41. The molecule has 1 aromatic rings. The summed E-state index contributed by atoms with van der Waals surface area (Å²) in [5.74, 6) is 0. The van der Waals surface area contributed by atoms with Crippen LogP contribution in [-0.2, 0) is 6.54 Å². The highest BCUT2D eigenvalue weighted by Gasteiger charge is 2.37. The minimum Gasteiger partial charge on any atom is -0.330 e. The van der Waals surface area contributed by atoms with Crippen LogP contribution in [0.4, 0.5) is 0 Å². The molecule has 22 heavy (non-hydrogen) atoms. The maximum absolute atomic E-state index is 6.13. The fraction of sp³-hybridized carbons (Fsp3) is 0.444. The first-order valence-electron chi connectivity index (χ1n) is 8.02. The first-order chi connectivity index (χ1) is 10.8. The van der Waals surface area contributed by atoms with Gasteiger partial charge in [-0.1, -0.05) is 30.3 Å². The topological polar surface area (TPSA) is 54.0 Å². The number of likely N-dealkylation sites (tertiary alicyclic amines) is 1. The smallest absolute Gasteiger partial charge is 0.0656 e. The van der Waals surface area contributed by atoms with E-state index in [9.17, 15) is 0 Å². The fourth-order valence-electron chi connectivity index (χ4n) is 3.23. The Bertz CT molecular complexity index is 566. The van der Waals surface area contributed by atoms with Crippen LogP contribution >= 0.6 is 0 Å². The molecule has 0 aliphatic carbocycles. The molecule has 0 bridgehead atoms. The van der Waals surface area contributed by atoms with E-state index < -0.39 is 0 Å². The van der Waals surface area contributed by atoms with E-state index in [-0.39, 0.29) is 5.41 Å². The van der Waals surface area contributed by atoms with Crippen molar-refractivity contribution in [2.24, 2.45) is 21.1 Å². The highest BCUT2D eigenvalue weighted by Crippen LogP contribution is 2.32. The van der Waals surface area contributed by atoms with E-state index in [1.165, 1.54) is 5.56 Å². The van der Waals surface area contributed by atoms with Crippen LogP contribution in [0, 0.1) is 5.41 Å². The van der Waals surface area contributed by atoms with Gasteiger partial charge in [0.15, 0.2) is 0 Å². The second-order valence-corrected chi connectivity index (χ2v) is 6.14. The molecule has 4 nitrogen and oxygen atoms in total. The lowest BCUT2D eigenvalue weighted by molar-refractivity contribution is 0.152. The summed E-state index contributed by atoms with van der Waals surface area (Å²) in [6.07, 6.45) is 7.89. The largest absolute Gasteiger partial charge is 0.330 e. The Labute approximate surface area is 132 Å². The van der Waals surface area contributed by atoms with Gasteiger partial charge in [-0.3, -0.25) is 14.9 Å². The maximum atomic E-state index is 6.13. The quantitative estimate of drug-likeness (QED) is 0.926. The Hall–Kier alpha value is -1.78. The maximum Gasteiger partial charge on any atom is 0.0656 e. The first kappa shape index (κ1) is 15.1. The summed E-state index contributed by atoms with van der Waals surface area (Å²) in [6.45, 7) is 4.49. The summed E-state index contributed by atoms with van der Waals surface area (Å²) in [4.78, 5) is 11.5. The summed E-state index contributed by atoms with van der Waals surface area (Å²) >= 11 is 0. The fourth-order valence-corrected chi connectivity index (χ4v) is 3.23. The molecule has 1 aromatic carbocycles. The van der Waals surface area contributed by atoms with Gasteiger partial charge < -0.3 is 5.73 Å². The van der Waals surface area contributed by atoms with Gasteiger partial charge in [0.2, 0.25) is 0 Å². The SMILES string of the molecule is NCC1(C2=NC=CCN=C2)CCN(Cc2ccccc2)CC1. The number of piperidine rings is 1. The van der Waals surface area contributed by atoms with Crippen LogP contribution in [0.3, 0.4) is 0 Å². The average molecular weight is 296 g/mol. The van der Waals surface area contributed by atoms with E-state index in [1.807, 2.05) is 18.5 Å². The van der Waals surface area contributed by atoms with Gasteiger partial charge in [-0.2, -0.15) is 0 Å². The van der Waals surface area contributed by atoms with Crippen molar-refractivity contribution in [2.45, 2.75) is 19.4 Å². The van der Waals surface area contributed by atoms with Gasteiger partial charge in [-0.05, 0) is 37.6 Å². The van der Waals surface area contributed by atoms with Crippen molar-refractivity contribution in [3.8, 4) is 0 Å². The minimum atomic E-state index is -0.00856. The van der Waals surface area contributed by atoms with Crippen molar-refractivity contribution in [1.29, 1.82) is 0 Å². The molecule has 2 N–H and O–H groups in total. The van der Waals surface area contributed by atoms with Crippen molar-refractivity contribution < 1.29 is 0 Å². The highest BCUT2D eigenvalue weighted by atomic mass is 15.1. The summed E-state index contributed by atoms with van der Waals surface area (Å²) in [7, 11) is 0. The predicted molar refractivity (Wildman–Crippen MR) is 92.4 cm³/mol. The number of benzene rings is 1. The summed E-state index contributed by atoms with van der Waals surface area (Å²) in [5, 5.41) is 0. The molecule has 4 heteroatoms. The zero-order valence-corrected chi connectivity index (χ0v) is 13.0. The van der Waals surface area contributed by atoms with Gasteiger partial charge in [0.05, 0.1) is 12.3 Å². The van der Waals surface area contributed by atoms with Gasteiger partial charge in [0, 0.05) is 30.9 Å². The van der Waals surface area contributed by atoms with Gasteiger partial charge in [-0.25, -0.2) is 0 Å². The zero-order chi connectivity index (χ0) is 15.3. The van der Waals surface area contributed by atoms with Crippen LogP contribution in [0.15, 0.2) is 52.6 Å². The normalized spacial score (nSPS) is 21.4. The third-order valence-electron chi connectivity index (χ3n) is 4.74. The molecule has 1 saturated heterocycles. The van der Waals surface area contributed by atoms with Crippen molar-refractivity contribution >= 4 is 11.9 Å². The molecule has 0 saturated carbocycles. The van der Waals surface area contributed by atoms with Crippen LogP contribution < -0.4 is 5.73 Å². The summed E-state index contributed by atoms with van der Waals surface area (Å²) < 4.78 is 0. The monoisotopic (exact) mass is 296 g/mol. The van der Waals surface area contributed by atoms with Gasteiger partial charge >= 0.3 is 0 Å². The molecule has 2 aliphatic rings. The highest BCUT2D eigenvalue weighted by molar-refractivity contribution is 6.33. The number of hydrogen-bond acceptors (Lipinski definition) is 4. The molecular weight excluding hydrogens is 272 g/mol. The van der Waals surface area contributed by atoms with Crippen molar-refractivity contribution in [1.82, 2.24) is 4.90 Å². The number of hydrogen-bond donors (Lipinski definition) is 1. The van der Waals surface area contributed by atoms with Gasteiger partial charge in [0.1, 0.15) is 0 Å². The van der Waals surface area contributed by atoms with Crippen molar-refractivity contribution in [3.63, 3.8) is 0 Å². The Kier molecular flexibility index (Phi) is 4.80. The standard InChI is InChI=1S/C18H24N4/c19-15-18(17-13-20-9-4-10-21-17)7-11-22(12-8-18)14-16-5-2-1-3-6-16/h1-6,10,13H,7-9,11-12,14-15,19H2. The molecule has 2 aliphatic heterocycles. The minimum absolute atomic E-state index is 0.00856. The van der Waals surface area contributed by atoms with Gasteiger partial charge in [-0.15, -0.1) is 0 Å². The molecule has 116 valence electrons. The van der Waals surface area contributed by atoms with E-state index in [0.717, 1.165) is 38.2 Å². The molecule has 1 fully saturated rings. The molecule has 3 rings (SSSR count). The number of nitrogens with two attached hydrogens (primary N) is 1. The van der Waals surface area contributed by atoms with E-state index in [1.54, 1.807) is 0 Å². The molecule has 0 spiro atoms. The van der Waals surface area contributed by atoms with E-state index in [4.69, 9.17) is 5.73 Å². The third-order valence-corrected chi connectivity index (χ3v) is 4.74. The van der Waals surface area contributed by atoms with Crippen molar-refractivity contribution in [3.05, 3.63) is 48.2 Å². The zero-order valence-electron chi connectivity index (χ0n) is 13.0. The summed E-state index contributed by atoms with van der Waals surface area (Å²) in [6, 6.07) is 10.7. The van der Waals surface area contributed by atoms with E-state index in [2.05, 4.69) is 45.2 Å². The lowest BCUT2D eigenvalue weighted by atomic mass is 9.74. The van der Waals surface area contributed by atoms with E-state index in [0.29, 0.717) is 13.1 Å². The Morgan fingerprint density at radius 2 is 1.91 bits per heavy atom. The van der Waals surface area contributed by atoms with Crippen LogP contribution in [-0.4, -0.2) is 43.0 Å². The Morgan fingerprint density at radius 1 is 1.14 bits per heavy atom. The van der Waals surface area contributed by atoms with Crippen LogP contribution in [0.2, 0.25) is 0 Å². The predicted octanol–water partition coefficient (Wildman–Crippen LogP) is 2.27. The number of aliphatic imine (C=N–C) groups is 2. The van der Waals surface area contributed by atoms with Crippen LogP contribution in [0.1, 0.15) is 18.4 Å². The van der Waals surface area contributed by atoms with Crippen molar-refractivity contribution in [2.75, 3.05) is 26.2 Å². The summed E-state index contributed by atoms with van der Waals surface area (Å²) in [5.41, 5.74) is 8.56. The third kappa shape index (κ3) is 3.34. The molecule has 0 atom stereocenters. The first-order valence-corrected chi connectivity index (χ1v) is 8.02. The number of rotatable bonds is 4. The molecule has 0 unspecified atom stereocenters. The number of nitrogens with zero attached hydrogens (tertiary/aromatic N) is 3. The van der Waals surface area contributed by atoms with Gasteiger partial charge in [0.25, 0.3) is 0 Å². The lowest BCUT2D eigenvalue weighted by Crippen LogP contribution is -2.48. The average Bonchev–Trinajstić information content (AvgIpc) is 2.87. The van der Waals surface area contributed by atoms with E-state index >= 15 is 0 Å². The second-order valence-electron chi connectivity index (χ2n) is 6.14. The molecule has 2 heterocycles. The van der Waals surface area contributed by atoms with Crippen LogP contribution in [0.25, 0.3) is 0 Å². The molecule has 0 aromatic heterocycles. The molecule has 0 amide bonds. The Morgan fingerprint density at radius 3 is 2.64 bits per heavy atom.